The summed E-state index contributed by atoms with van der Waals surface area (Å²) in [6.07, 6.45) is -2.88. The molecule has 1 saturated carbocycles. The Morgan fingerprint density at radius 2 is 1.82 bits per heavy atom. The second-order valence-electron chi connectivity index (χ2n) is 7.87. The van der Waals surface area contributed by atoms with Gasteiger partial charge >= 0.3 is 11.9 Å². The molecule has 0 saturated heterocycles. The predicted molar refractivity (Wildman–Crippen MR) is 124 cm³/mol. The first kappa shape index (κ1) is 25.8. The highest BCUT2D eigenvalue weighted by Gasteiger charge is 2.34. The van der Waals surface area contributed by atoms with Gasteiger partial charge in [0.1, 0.15) is 6.54 Å². The number of rotatable bonds is 7. The van der Waals surface area contributed by atoms with Crippen molar-refractivity contribution in [2.24, 2.45) is 5.73 Å². The second kappa shape index (κ2) is 10.2. The molecule has 182 valence electrons. The lowest BCUT2D eigenvalue weighted by atomic mass is 10.0. The number of nitrogens with two attached hydrogens (primary N) is 1. The molecule has 1 aliphatic carbocycles. The highest BCUT2D eigenvalue weighted by molar-refractivity contribution is 6.30. The number of halogens is 5. The normalized spacial score (nSPS) is 14.4. The van der Waals surface area contributed by atoms with Crippen molar-refractivity contribution < 1.29 is 18.0 Å². The molecule has 1 aliphatic rings. The molecule has 0 spiro atoms. The van der Waals surface area contributed by atoms with Gasteiger partial charge in [-0.3, -0.25) is 9.36 Å². The van der Waals surface area contributed by atoms with Gasteiger partial charge in [-0.15, -0.1) is 17.5 Å². The van der Waals surface area contributed by atoms with Gasteiger partial charge in [-0.25, -0.2) is 9.48 Å². The number of aromatic nitrogens is 3. The highest BCUT2D eigenvalue weighted by atomic mass is 35.5. The summed E-state index contributed by atoms with van der Waals surface area (Å²) in [7, 11) is 0. The standard InChI is InChI=1S/C22H21ClF3N5O2.ClH/c23-14-7-5-13(6-8-14)20-29-30(21(33)31(20)15-9-10-15)12-19(32)28-11-18(27)16-3-1-2-4-17(16)22(24,25)26;/h1-8,15,18H,9-12,27H2,(H,28,32);1H. The van der Waals surface area contributed by atoms with E-state index in [2.05, 4.69) is 10.4 Å². The van der Waals surface area contributed by atoms with E-state index in [1.165, 1.54) is 18.2 Å². The van der Waals surface area contributed by atoms with Gasteiger partial charge in [-0.1, -0.05) is 29.8 Å². The highest BCUT2D eigenvalue weighted by Crippen LogP contribution is 2.36. The monoisotopic (exact) mass is 515 g/mol. The molecule has 3 N–H and O–H groups in total. The van der Waals surface area contributed by atoms with Crippen molar-refractivity contribution in [3.05, 3.63) is 75.2 Å². The van der Waals surface area contributed by atoms with Crippen molar-refractivity contribution >= 4 is 29.9 Å². The molecule has 1 fully saturated rings. The molecule has 1 heterocycles. The summed E-state index contributed by atoms with van der Waals surface area (Å²) in [6, 6.07) is 10.8. The second-order valence-corrected chi connectivity index (χ2v) is 8.30. The number of nitrogens with zero attached hydrogens (tertiary/aromatic N) is 3. The van der Waals surface area contributed by atoms with Gasteiger partial charge in [0.2, 0.25) is 5.91 Å². The van der Waals surface area contributed by atoms with Crippen LogP contribution < -0.4 is 16.7 Å². The van der Waals surface area contributed by atoms with Crippen LogP contribution in [0.5, 0.6) is 0 Å². The number of amides is 1. The molecule has 2 aromatic carbocycles. The van der Waals surface area contributed by atoms with E-state index in [1.807, 2.05) is 0 Å². The zero-order valence-corrected chi connectivity index (χ0v) is 19.3. The maximum Gasteiger partial charge on any atom is 0.416 e. The first-order chi connectivity index (χ1) is 15.6. The van der Waals surface area contributed by atoms with E-state index in [0.29, 0.717) is 16.4 Å². The topological polar surface area (TPSA) is 94.9 Å². The van der Waals surface area contributed by atoms with Crippen LogP contribution in [-0.2, 0) is 17.5 Å². The molecule has 1 aromatic heterocycles. The number of hydrogen-bond donors (Lipinski definition) is 2. The van der Waals surface area contributed by atoms with Crippen molar-refractivity contribution in [2.75, 3.05) is 6.54 Å². The number of carbonyl (C=O) groups excluding carboxylic acids is 1. The van der Waals surface area contributed by atoms with Gasteiger partial charge in [-0.05, 0) is 48.7 Å². The molecule has 1 amide bonds. The van der Waals surface area contributed by atoms with Gasteiger partial charge in [0, 0.05) is 29.2 Å². The van der Waals surface area contributed by atoms with Crippen LogP contribution in [0.3, 0.4) is 0 Å². The molecule has 4 rings (SSSR count). The Hall–Kier alpha value is -2.82. The third kappa shape index (κ3) is 5.63. The van der Waals surface area contributed by atoms with Crippen molar-refractivity contribution in [1.82, 2.24) is 19.7 Å². The molecule has 12 heteroatoms. The van der Waals surface area contributed by atoms with Gasteiger partial charge in [0.25, 0.3) is 0 Å². The Bertz CT molecular complexity index is 1220. The summed E-state index contributed by atoms with van der Waals surface area (Å²) in [5.41, 5.74) is 5.21. The summed E-state index contributed by atoms with van der Waals surface area (Å²) in [5.74, 6) is -0.150. The minimum Gasteiger partial charge on any atom is -0.353 e. The largest absolute Gasteiger partial charge is 0.416 e. The Kier molecular flexibility index (Phi) is 7.74. The molecule has 0 radical (unpaired) electrons. The molecule has 7 nitrogen and oxygen atoms in total. The van der Waals surface area contributed by atoms with Gasteiger partial charge in [0.05, 0.1) is 5.56 Å². The van der Waals surface area contributed by atoms with Crippen molar-refractivity contribution in [3.63, 3.8) is 0 Å². The lowest BCUT2D eigenvalue weighted by Gasteiger charge is -2.18. The number of nitrogens with one attached hydrogen (secondary N) is 1. The fourth-order valence-electron chi connectivity index (χ4n) is 3.59. The van der Waals surface area contributed by atoms with Crippen LogP contribution in [-0.4, -0.2) is 26.8 Å². The number of carbonyl (C=O) groups is 1. The minimum atomic E-state index is -4.56. The van der Waals surface area contributed by atoms with Gasteiger partial charge in [-0.2, -0.15) is 13.2 Å². The summed E-state index contributed by atoms with van der Waals surface area (Å²) < 4.78 is 42.2. The van der Waals surface area contributed by atoms with Crippen LogP contribution >= 0.6 is 24.0 Å². The smallest absolute Gasteiger partial charge is 0.353 e. The zero-order chi connectivity index (χ0) is 23.8. The van der Waals surface area contributed by atoms with E-state index in [1.54, 1.807) is 28.8 Å². The number of benzene rings is 2. The predicted octanol–water partition coefficient (Wildman–Crippen LogP) is 3.96. The first-order valence-corrected chi connectivity index (χ1v) is 10.7. The molecular weight excluding hydrogens is 494 g/mol. The fourth-order valence-corrected chi connectivity index (χ4v) is 3.71. The van der Waals surface area contributed by atoms with E-state index >= 15 is 0 Å². The Morgan fingerprint density at radius 1 is 1.18 bits per heavy atom. The lowest BCUT2D eigenvalue weighted by Crippen LogP contribution is -2.37. The zero-order valence-electron chi connectivity index (χ0n) is 17.8. The molecular formula is C22H22Cl2F3N5O2. The molecule has 1 unspecified atom stereocenters. The molecule has 34 heavy (non-hydrogen) atoms. The minimum absolute atomic E-state index is 0. The van der Waals surface area contributed by atoms with Crippen LogP contribution in [0.25, 0.3) is 11.4 Å². The lowest BCUT2D eigenvalue weighted by molar-refractivity contribution is -0.138. The fraction of sp³-hybridized carbons (Fsp3) is 0.318. The molecule has 0 bridgehead atoms. The average molecular weight is 516 g/mol. The average Bonchev–Trinajstić information content (AvgIpc) is 3.56. The SMILES string of the molecule is Cl.NC(CNC(=O)Cn1nc(-c2ccc(Cl)cc2)n(C2CC2)c1=O)c1ccccc1C(F)(F)F. The van der Waals surface area contributed by atoms with E-state index in [-0.39, 0.29) is 37.1 Å². The van der Waals surface area contributed by atoms with Crippen LogP contribution in [0.15, 0.2) is 53.3 Å². The summed E-state index contributed by atoms with van der Waals surface area (Å²) in [5, 5.41) is 7.37. The summed E-state index contributed by atoms with van der Waals surface area (Å²) >= 11 is 5.94. The first-order valence-electron chi connectivity index (χ1n) is 10.3. The summed E-state index contributed by atoms with van der Waals surface area (Å²) in [6.45, 7) is -0.610. The van der Waals surface area contributed by atoms with Crippen molar-refractivity contribution in [3.8, 4) is 11.4 Å². The van der Waals surface area contributed by atoms with Crippen LogP contribution in [0.1, 0.15) is 36.1 Å². The van der Waals surface area contributed by atoms with E-state index in [9.17, 15) is 22.8 Å². The van der Waals surface area contributed by atoms with Crippen LogP contribution in [0.4, 0.5) is 13.2 Å². The molecule has 3 aromatic rings. The van der Waals surface area contributed by atoms with Crippen LogP contribution in [0.2, 0.25) is 5.02 Å². The van der Waals surface area contributed by atoms with Crippen LogP contribution in [0, 0.1) is 0 Å². The maximum absolute atomic E-state index is 13.2. The summed E-state index contributed by atoms with van der Waals surface area (Å²) in [4.78, 5) is 25.3. The Balaban J connectivity index is 0.00000324. The van der Waals surface area contributed by atoms with Gasteiger partial charge < -0.3 is 11.1 Å². The Morgan fingerprint density at radius 3 is 2.44 bits per heavy atom. The third-order valence-corrected chi connectivity index (χ3v) is 5.62. The van der Waals surface area contributed by atoms with E-state index in [0.717, 1.165) is 23.6 Å². The maximum atomic E-state index is 13.2. The third-order valence-electron chi connectivity index (χ3n) is 5.36. The van der Waals surface area contributed by atoms with E-state index < -0.39 is 29.4 Å². The molecule has 1 atom stereocenters. The number of alkyl halides is 3. The Labute approximate surface area is 204 Å². The molecule has 0 aliphatic heterocycles. The van der Waals surface area contributed by atoms with Crippen molar-refractivity contribution in [2.45, 2.75) is 37.6 Å². The van der Waals surface area contributed by atoms with Crippen molar-refractivity contribution in [1.29, 1.82) is 0 Å². The quantitative estimate of drug-likeness (QED) is 0.497. The van der Waals surface area contributed by atoms with E-state index in [4.69, 9.17) is 17.3 Å². The number of hydrogen-bond acceptors (Lipinski definition) is 4. The van der Waals surface area contributed by atoms with Gasteiger partial charge in [0.15, 0.2) is 5.82 Å².